The molecule has 0 radical (unpaired) electrons. The van der Waals surface area contributed by atoms with E-state index in [9.17, 15) is 0 Å². The summed E-state index contributed by atoms with van der Waals surface area (Å²) in [4.78, 5) is 6.32. The van der Waals surface area contributed by atoms with Gasteiger partial charge >= 0.3 is 0 Å². The van der Waals surface area contributed by atoms with Crippen molar-refractivity contribution >= 4 is 5.69 Å². The molecule has 0 saturated heterocycles. The van der Waals surface area contributed by atoms with Crippen LogP contribution >= 0.6 is 0 Å². The lowest BCUT2D eigenvalue weighted by atomic mass is 10.1. The number of hydrogen-bond acceptors (Lipinski definition) is 4. The molecule has 0 bridgehead atoms. The molecule has 1 aliphatic heterocycles. The van der Waals surface area contributed by atoms with Gasteiger partial charge < -0.3 is 5.73 Å². The monoisotopic (exact) mass is 250 g/mol. The smallest absolute Gasteiger partial charge is 0.140 e. The van der Waals surface area contributed by atoms with Gasteiger partial charge in [0.1, 0.15) is 11.8 Å². The lowest BCUT2D eigenvalue weighted by molar-refractivity contribution is 0.275. The molecule has 0 amide bonds. The summed E-state index contributed by atoms with van der Waals surface area (Å²) in [6.45, 7) is 2.66. The van der Waals surface area contributed by atoms with Gasteiger partial charge in [-0.25, -0.2) is 4.98 Å². The third-order valence-corrected chi connectivity index (χ3v) is 3.36. The van der Waals surface area contributed by atoms with Crippen LogP contribution in [0.5, 0.6) is 0 Å². The number of hydrogen-bond donors (Lipinski definition) is 1. The van der Waals surface area contributed by atoms with Crippen molar-refractivity contribution in [2.45, 2.75) is 19.6 Å². The summed E-state index contributed by atoms with van der Waals surface area (Å²) in [5, 5.41) is 8.86. The first-order chi connectivity index (χ1) is 9.24. The Kier molecular flexibility index (Phi) is 2.90. The van der Waals surface area contributed by atoms with Crippen molar-refractivity contribution in [1.29, 1.82) is 5.26 Å². The number of fused-ring (bicyclic) bond motifs is 1. The van der Waals surface area contributed by atoms with Gasteiger partial charge in [0.15, 0.2) is 0 Å². The van der Waals surface area contributed by atoms with Gasteiger partial charge in [0, 0.05) is 31.5 Å². The Morgan fingerprint density at radius 3 is 2.89 bits per heavy atom. The highest BCUT2D eigenvalue weighted by molar-refractivity contribution is 5.46. The Morgan fingerprint density at radius 2 is 2.05 bits per heavy atom. The van der Waals surface area contributed by atoms with Gasteiger partial charge in [0.05, 0.1) is 0 Å². The number of nitrogen functional groups attached to an aromatic ring is 1. The van der Waals surface area contributed by atoms with E-state index in [0.29, 0.717) is 5.69 Å². The first-order valence-electron chi connectivity index (χ1n) is 6.19. The van der Waals surface area contributed by atoms with E-state index < -0.39 is 0 Å². The molecule has 2 N–H and O–H groups in total. The summed E-state index contributed by atoms with van der Waals surface area (Å²) < 4.78 is 0. The fourth-order valence-corrected chi connectivity index (χ4v) is 2.49. The summed E-state index contributed by atoms with van der Waals surface area (Å²) in [6, 6.07) is 12.0. The van der Waals surface area contributed by atoms with Gasteiger partial charge in [-0.05, 0) is 41.0 Å². The molecule has 1 aromatic carbocycles. The van der Waals surface area contributed by atoms with Gasteiger partial charge in [0.25, 0.3) is 0 Å². The quantitative estimate of drug-likeness (QED) is 0.828. The van der Waals surface area contributed by atoms with Crippen LogP contribution in [0.4, 0.5) is 5.69 Å². The zero-order valence-corrected chi connectivity index (χ0v) is 10.5. The molecule has 0 unspecified atom stereocenters. The van der Waals surface area contributed by atoms with Gasteiger partial charge in [-0.3, -0.25) is 4.90 Å². The summed E-state index contributed by atoms with van der Waals surface area (Å²) in [5.74, 6) is 0. The van der Waals surface area contributed by atoms with Crippen LogP contribution in [0.3, 0.4) is 0 Å². The maximum Gasteiger partial charge on any atom is 0.140 e. The molecule has 0 saturated carbocycles. The van der Waals surface area contributed by atoms with Crippen LogP contribution in [-0.4, -0.2) is 9.88 Å². The van der Waals surface area contributed by atoms with E-state index in [4.69, 9.17) is 11.0 Å². The molecule has 0 aliphatic carbocycles. The highest BCUT2D eigenvalue weighted by atomic mass is 15.1. The summed E-state index contributed by atoms with van der Waals surface area (Å²) in [5.41, 5.74) is 10.8. The molecule has 0 spiro atoms. The predicted molar refractivity (Wildman–Crippen MR) is 72.8 cm³/mol. The standard InChI is InChI=1S/C15H14N4/c16-7-15-5-11(3-4-18-15)8-19-9-12-1-2-14(17)6-13(12)10-19/h1-6H,8-10,17H2. The Hall–Kier alpha value is -2.38. The topological polar surface area (TPSA) is 65.9 Å². The molecule has 94 valence electrons. The Bertz CT molecular complexity index is 657. The van der Waals surface area contributed by atoms with Crippen molar-refractivity contribution in [1.82, 2.24) is 9.88 Å². The fourth-order valence-electron chi connectivity index (χ4n) is 2.49. The van der Waals surface area contributed by atoms with Gasteiger partial charge in [-0.1, -0.05) is 6.07 Å². The molecular weight excluding hydrogens is 236 g/mol. The molecule has 1 aliphatic rings. The van der Waals surface area contributed by atoms with Gasteiger partial charge in [-0.15, -0.1) is 0 Å². The zero-order chi connectivity index (χ0) is 13.2. The van der Waals surface area contributed by atoms with E-state index in [1.807, 2.05) is 24.3 Å². The maximum atomic E-state index is 8.86. The van der Waals surface area contributed by atoms with Crippen LogP contribution in [-0.2, 0) is 19.6 Å². The molecule has 4 nitrogen and oxygen atoms in total. The second-order valence-corrected chi connectivity index (χ2v) is 4.83. The molecular formula is C15H14N4. The van der Waals surface area contributed by atoms with Crippen LogP contribution in [0, 0.1) is 11.3 Å². The normalized spacial score (nSPS) is 14.1. The molecule has 0 atom stereocenters. The number of pyridine rings is 1. The molecule has 4 heteroatoms. The fraction of sp³-hybridized carbons (Fsp3) is 0.200. The third-order valence-electron chi connectivity index (χ3n) is 3.36. The van der Waals surface area contributed by atoms with Crippen LogP contribution in [0.25, 0.3) is 0 Å². The van der Waals surface area contributed by atoms with Crippen LogP contribution < -0.4 is 5.73 Å². The van der Waals surface area contributed by atoms with Gasteiger partial charge in [0.2, 0.25) is 0 Å². The largest absolute Gasteiger partial charge is 0.399 e. The van der Waals surface area contributed by atoms with Crippen molar-refractivity contribution in [3.63, 3.8) is 0 Å². The molecule has 19 heavy (non-hydrogen) atoms. The summed E-state index contributed by atoms with van der Waals surface area (Å²) in [7, 11) is 0. The second-order valence-electron chi connectivity index (χ2n) is 4.83. The summed E-state index contributed by atoms with van der Waals surface area (Å²) in [6.07, 6.45) is 1.69. The maximum absolute atomic E-state index is 8.86. The molecule has 0 fully saturated rings. The van der Waals surface area contributed by atoms with Crippen molar-refractivity contribution in [3.8, 4) is 6.07 Å². The van der Waals surface area contributed by atoms with E-state index in [2.05, 4.69) is 22.0 Å². The average molecular weight is 250 g/mol. The first kappa shape index (κ1) is 11.7. The number of nitriles is 1. The highest BCUT2D eigenvalue weighted by Gasteiger charge is 2.18. The molecule has 2 heterocycles. The van der Waals surface area contributed by atoms with Crippen LogP contribution in [0.1, 0.15) is 22.4 Å². The predicted octanol–water partition coefficient (Wildman–Crippen LogP) is 2.05. The SMILES string of the molecule is N#Cc1cc(CN2Cc3ccc(N)cc3C2)ccn1. The lowest BCUT2D eigenvalue weighted by Crippen LogP contribution is -2.15. The summed E-state index contributed by atoms with van der Waals surface area (Å²) >= 11 is 0. The van der Waals surface area contributed by atoms with Crippen LogP contribution in [0.2, 0.25) is 0 Å². The second kappa shape index (κ2) is 4.71. The van der Waals surface area contributed by atoms with Crippen molar-refractivity contribution in [3.05, 3.63) is 58.9 Å². The van der Waals surface area contributed by atoms with Gasteiger partial charge in [-0.2, -0.15) is 5.26 Å². The Morgan fingerprint density at radius 1 is 1.21 bits per heavy atom. The number of rotatable bonds is 2. The van der Waals surface area contributed by atoms with E-state index in [1.165, 1.54) is 11.1 Å². The lowest BCUT2D eigenvalue weighted by Gasteiger charge is -2.14. The Labute approximate surface area is 112 Å². The Balaban J connectivity index is 1.75. The van der Waals surface area contributed by atoms with E-state index in [0.717, 1.165) is 30.9 Å². The average Bonchev–Trinajstić information content (AvgIpc) is 2.80. The minimum Gasteiger partial charge on any atom is -0.399 e. The third kappa shape index (κ3) is 2.42. The number of nitrogens with zero attached hydrogens (tertiary/aromatic N) is 3. The highest BCUT2D eigenvalue weighted by Crippen LogP contribution is 2.25. The van der Waals surface area contributed by atoms with E-state index in [-0.39, 0.29) is 0 Å². The number of anilines is 1. The van der Waals surface area contributed by atoms with Crippen molar-refractivity contribution < 1.29 is 0 Å². The van der Waals surface area contributed by atoms with Crippen molar-refractivity contribution in [2.24, 2.45) is 0 Å². The molecule has 2 aromatic rings. The minimum absolute atomic E-state index is 0.471. The number of nitrogens with two attached hydrogens (primary N) is 1. The number of benzene rings is 1. The minimum atomic E-state index is 0.471. The first-order valence-corrected chi connectivity index (χ1v) is 6.19. The molecule has 3 rings (SSSR count). The van der Waals surface area contributed by atoms with E-state index in [1.54, 1.807) is 6.20 Å². The van der Waals surface area contributed by atoms with E-state index >= 15 is 0 Å². The van der Waals surface area contributed by atoms with Crippen LogP contribution in [0.15, 0.2) is 36.5 Å². The number of aromatic nitrogens is 1. The molecule has 1 aromatic heterocycles. The van der Waals surface area contributed by atoms with Crippen molar-refractivity contribution in [2.75, 3.05) is 5.73 Å². The zero-order valence-electron chi connectivity index (χ0n) is 10.5.